The van der Waals surface area contributed by atoms with Crippen molar-refractivity contribution in [3.63, 3.8) is 0 Å². The van der Waals surface area contributed by atoms with E-state index in [-0.39, 0.29) is 11.7 Å². The predicted molar refractivity (Wildman–Crippen MR) is 132 cm³/mol. The van der Waals surface area contributed by atoms with Crippen LogP contribution in [0, 0.1) is 0 Å². The minimum atomic E-state index is 0.0648. The largest absolute Gasteiger partial charge is 0.339 e. The number of nitrogens with zero attached hydrogens (tertiary/aromatic N) is 5. The van der Waals surface area contributed by atoms with E-state index < -0.39 is 0 Å². The molecule has 4 aliphatic rings. The summed E-state index contributed by atoms with van der Waals surface area (Å²) in [7, 11) is 0. The van der Waals surface area contributed by atoms with Gasteiger partial charge < -0.3 is 4.90 Å². The van der Waals surface area contributed by atoms with Gasteiger partial charge in [-0.25, -0.2) is 9.97 Å². The Hall–Kier alpha value is -2.64. The number of ketones is 1. The number of carbonyl (C=O) groups excluding carboxylic acids is 2. The molecule has 0 spiro atoms. The molecule has 0 unspecified atom stereocenters. The summed E-state index contributed by atoms with van der Waals surface area (Å²) in [6.45, 7) is 7.38. The number of Topliss-reactive ketones (excluding diaryl/α,β-unsaturated/α-hetero) is 1. The van der Waals surface area contributed by atoms with Crippen LogP contribution >= 0.6 is 0 Å². The van der Waals surface area contributed by atoms with Crippen molar-refractivity contribution in [3.8, 4) is 0 Å². The summed E-state index contributed by atoms with van der Waals surface area (Å²) in [4.78, 5) is 41.0. The lowest BCUT2D eigenvalue weighted by atomic mass is 9.91. The molecule has 3 heterocycles. The Labute approximate surface area is 202 Å². The molecule has 1 aromatic heterocycles. The van der Waals surface area contributed by atoms with Crippen LogP contribution < -0.4 is 0 Å². The summed E-state index contributed by atoms with van der Waals surface area (Å²) in [5.74, 6) is 1.06. The minimum absolute atomic E-state index is 0.0648. The summed E-state index contributed by atoms with van der Waals surface area (Å²) in [6, 6.07) is 0.766. The summed E-state index contributed by atoms with van der Waals surface area (Å²) >= 11 is 0. The van der Waals surface area contributed by atoms with E-state index in [1.807, 2.05) is 35.4 Å². The highest BCUT2D eigenvalue weighted by Crippen LogP contribution is 2.26. The normalized spacial score (nSPS) is 26.2. The van der Waals surface area contributed by atoms with Gasteiger partial charge >= 0.3 is 0 Å². The second-order valence-corrected chi connectivity index (χ2v) is 9.94. The van der Waals surface area contributed by atoms with Gasteiger partial charge in [0.05, 0.1) is 12.2 Å². The first-order valence-electron chi connectivity index (χ1n) is 12.7. The van der Waals surface area contributed by atoms with Crippen LogP contribution in [0.25, 0.3) is 5.57 Å². The molecule has 7 heteroatoms. The Balaban J connectivity index is 1.18. The SMILES string of the molecule is CC(=O)C1=C/C=C(/c2ncc3c(n2)CCN(CC(=O)N2CCN(C4CCC4)CC2)C3)CC/C=C\1. The van der Waals surface area contributed by atoms with E-state index in [4.69, 9.17) is 4.98 Å². The molecule has 0 aromatic carbocycles. The van der Waals surface area contributed by atoms with Crippen molar-refractivity contribution in [2.75, 3.05) is 39.3 Å². The summed E-state index contributed by atoms with van der Waals surface area (Å²) in [5.41, 5.74) is 3.96. The zero-order valence-electron chi connectivity index (χ0n) is 20.2. The minimum Gasteiger partial charge on any atom is -0.339 e. The van der Waals surface area contributed by atoms with E-state index in [1.54, 1.807) is 6.92 Å². The number of rotatable bonds is 5. The maximum absolute atomic E-state index is 12.9. The standard InChI is InChI=1S/C27H35N5O2/c1-20(33)21-5-2-3-6-22(10-9-21)27-28-17-23-18-30(12-11-25(23)29-27)19-26(34)32-15-13-31(14-16-32)24-7-4-8-24/h2,5,9-10,17,24H,3-4,6-8,11-16,18-19H2,1H3/b5-2-,21-9+,22-10+. The Morgan fingerprint density at radius 1 is 1.06 bits per heavy atom. The maximum atomic E-state index is 12.9. The van der Waals surface area contributed by atoms with Gasteiger partial charge in [0.15, 0.2) is 11.6 Å². The third-order valence-corrected chi connectivity index (χ3v) is 7.67. The van der Waals surface area contributed by atoms with Crippen LogP contribution in [0.2, 0.25) is 0 Å². The van der Waals surface area contributed by atoms with Crippen LogP contribution in [0.3, 0.4) is 0 Å². The molecule has 34 heavy (non-hydrogen) atoms. The van der Waals surface area contributed by atoms with Gasteiger partial charge in [-0.3, -0.25) is 19.4 Å². The molecule has 2 fully saturated rings. The molecule has 180 valence electrons. The van der Waals surface area contributed by atoms with Crippen molar-refractivity contribution < 1.29 is 9.59 Å². The molecule has 5 rings (SSSR count). The van der Waals surface area contributed by atoms with E-state index >= 15 is 0 Å². The summed E-state index contributed by atoms with van der Waals surface area (Å²) < 4.78 is 0. The van der Waals surface area contributed by atoms with E-state index in [2.05, 4.69) is 14.8 Å². The molecule has 1 amide bonds. The van der Waals surface area contributed by atoms with Crippen LogP contribution in [0.1, 0.15) is 56.1 Å². The smallest absolute Gasteiger partial charge is 0.236 e. The lowest BCUT2D eigenvalue weighted by molar-refractivity contribution is -0.135. The van der Waals surface area contributed by atoms with Gasteiger partial charge in [-0.2, -0.15) is 0 Å². The lowest BCUT2D eigenvalue weighted by Crippen LogP contribution is -2.55. The molecule has 0 N–H and O–H groups in total. The molecule has 7 nitrogen and oxygen atoms in total. The second-order valence-electron chi connectivity index (χ2n) is 9.94. The number of amides is 1. The molecule has 1 saturated carbocycles. The fourth-order valence-corrected chi connectivity index (χ4v) is 5.24. The highest BCUT2D eigenvalue weighted by atomic mass is 16.2. The maximum Gasteiger partial charge on any atom is 0.236 e. The number of piperazine rings is 1. The average molecular weight is 462 g/mol. The monoisotopic (exact) mass is 461 g/mol. The van der Waals surface area contributed by atoms with Crippen LogP contribution in [-0.2, 0) is 22.6 Å². The Bertz CT molecular complexity index is 1030. The number of aromatic nitrogens is 2. The van der Waals surface area contributed by atoms with E-state index in [0.29, 0.717) is 12.1 Å². The zero-order valence-corrected chi connectivity index (χ0v) is 20.2. The fourth-order valence-electron chi connectivity index (χ4n) is 5.24. The van der Waals surface area contributed by atoms with Gasteiger partial charge in [0.1, 0.15) is 0 Å². The molecule has 1 saturated heterocycles. The number of carbonyl (C=O) groups is 2. The zero-order chi connectivity index (χ0) is 23.5. The molecule has 2 aliphatic carbocycles. The first-order valence-corrected chi connectivity index (χ1v) is 12.7. The Morgan fingerprint density at radius 2 is 1.88 bits per heavy atom. The number of hydrogen-bond acceptors (Lipinski definition) is 6. The molecule has 1 aromatic rings. The van der Waals surface area contributed by atoms with E-state index in [9.17, 15) is 9.59 Å². The Kier molecular flexibility index (Phi) is 7.02. The molecular weight excluding hydrogens is 426 g/mol. The highest BCUT2D eigenvalue weighted by Gasteiger charge is 2.30. The molecule has 2 aliphatic heterocycles. The molecule has 0 radical (unpaired) electrons. The van der Waals surface area contributed by atoms with Gasteiger partial charge in [0, 0.05) is 69.1 Å². The van der Waals surface area contributed by atoms with Gasteiger partial charge in [0.25, 0.3) is 0 Å². The Morgan fingerprint density at radius 3 is 2.62 bits per heavy atom. The van der Waals surface area contributed by atoms with Gasteiger partial charge in [-0.1, -0.05) is 30.7 Å². The number of fused-ring (bicyclic) bond motifs is 1. The lowest BCUT2D eigenvalue weighted by Gasteiger charge is -2.43. The summed E-state index contributed by atoms with van der Waals surface area (Å²) in [6.07, 6.45) is 16.3. The third-order valence-electron chi connectivity index (χ3n) is 7.67. The van der Waals surface area contributed by atoms with E-state index in [1.165, 1.54) is 19.3 Å². The first-order chi connectivity index (χ1) is 16.6. The highest BCUT2D eigenvalue weighted by molar-refractivity contribution is 5.96. The van der Waals surface area contributed by atoms with Crippen molar-refractivity contribution in [2.45, 2.75) is 58.0 Å². The van der Waals surface area contributed by atoms with Gasteiger partial charge in [-0.15, -0.1) is 0 Å². The van der Waals surface area contributed by atoms with Crippen LogP contribution in [0.4, 0.5) is 0 Å². The molecule has 0 atom stereocenters. The number of hydrogen-bond donors (Lipinski definition) is 0. The van der Waals surface area contributed by atoms with Crippen molar-refractivity contribution in [1.82, 2.24) is 24.7 Å². The van der Waals surface area contributed by atoms with Gasteiger partial charge in [-0.05, 0) is 38.2 Å². The average Bonchev–Trinajstić information content (AvgIpc) is 2.78. The van der Waals surface area contributed by atoms with Crippen molar-refractivity contribution in [1.29, 1.82) is 0 Å². The fraction of sp³-hybridized carbons (Fsp3) is 0.556. The molecule has 0 bridgehead atoms. The predicted octanol–water partition coefficient (Wildman–Crippen LogP) is 2.78. The van der Waals surface area contributed by atoms with Crippen LogP contribution in [0.15, 0.2) is 36.1 Å². The van der Waals surface area contributed by atoms with E-state index in [0.717, 1.165) is 87.2 Å². The first kappa shape index (κ1) is 23.1. The summed E-state index contributed by atoms with van der Waals surface area (Å²) in [5, 5.41) is 0. The van der Waals surface area contributed by atoms with Crippen molar-refractivity contribution >= 4 is 17.3 Å². The number of allylic oxidation sites excluding steroid dienone is 6. The third kappa shape index (κ3) is 5.20. The van der Waals surface area contributed by atoms with Crippen LogP contribution in [0.5, 0.6) is 0 Å². The molecular formula is C27H35N5O2. The second kappa shape index (κ2) is 10.3. The van der Waals surface area contributed by atoms with Crippen molar-refractivity contribution in [2.24, 2.45) is 0 Å². The van der Waals surface area contributed by atoms with Gasteiger partial charge in [0.2, 0.25) is 5.91 Å². The van der Waals surface area contributed by atoms with Crippen LogP contribution in [-0.4, -0.2) is 81.7 Å². The van der Waals surface area contributed by atoms with Crippen molar-refractivity contribution in [3.05, 3.63) is 53.2 Å². The quantitative estimate of drug-likeness (QED) is 0.672. The topological polar surface area (TPSA) is 69.6 Å².